The number of nitrogens with one attached hydrogen (secondary N) is 1. The number of H-pyrrole nitrogens is 1. The van der Waals surface area contributed by atoms with Crippen LogP contribution in [0.2, 0.25) is 0 Å². The maximum atomic E-state index is 5.81. The van der Waals surface area contributed by atoms with E-state index in [0.717, 1.165) is 23.6 Å². The summed E-state index contributed by atoms with van der Waals surface area (Å²) in [6.07, 6.45) is 1.03. The van der Waals surface area contributed by atoms with Crippen molar-refractivity contribution in [3.05, 3.63) is 36.2 Å². The fourth-order valence-corrected chi connectivity index (χ4v) is 2.06. The van der Waals surface area contributed by atoms with E-state index in [1.807, 2.05) is 30.3 Å². The molecule has 18 heavy (non-hydrogen) atoms. The van der Waals surface area contributed by atoms with Crippen LogP contribution in [-0.4, -0.2) is 21.7 Å². The number of nitrogens with two attached hydrogens (primary N) is 1. The Morgan fingerprint density at radius 2 is 1.94 bits per heavy atom. The van der Waals surface area contributed by atoms with E-state index >= 15 is 0 Å². The Bertz CT molecular complexity index is 476. The van der Waals surface area contributed by atoms with Crippen molar-refractivity contribution in [1.82, 2.24) is 15.2 Å². The zero-order valence-electron chi connectivity index (χ0n) is 10.9. The Labute approximate surface area is 108 Å². The molecule has 0 bridgehead atoms. The number of hydrogen-bond donors (Lipinski definition) is 2. The second-order valence-corrected chi connectivity index (χ2v) is 4.97. The molecule has 0 amide bonds. The molecule has 0 radical (unpaired) electrons. The average Bonchev–Trinajstić information content (AvgIpc) is 2.86. The fraction of sp³-hybridized carbons (Fsp3) is 0.429. The third-order valence-electron chi connectivity index (χ3n) is 2.96. The zero-order chi connectivity index (χ0) is 13.0. The van der Waals surface area contributed by atoms with Gasteiger partial charge in [-0.2, -0.15) is 5.10 Å². The Hall–Kier alpha value is -1.68. The highest BCUT2D eigenvalue weighted by Gasteiger charge is 2.16. The lowest BCUT2D eigenvalue weighted by Gasteiger charge is -2.13. The second-order valence-electron chi connectivity index (χ2n) is 4.97. The zero-order valence-corrected chi connectivity index (χ0v) is 10.9. The minimum Gasteiger partial charge on any atom is -0.330 e. The molecule has 0 fully saturated rings. The van der Waals surface area contributed by atoms with E-state index in [2.05, 4.69) is 29.0 Å². The summed E-state index contributed by atoms with van der Waals surface area (Å²) in [7, 11) is 0. The lowest BCUT2D eigenvalue weighted by molar-refractivity contribution is 0.489. The van der Waals surface area contributed by atoms with Crippen LogP contribution in [-0.2, 0) is 0 Å². The van der Waals surface area contributed by atoms with Gasteiger partial charge in [-0.3, -0.25) is 5.10 Å². The van der Waals surface area contributed by atoms with Gasteiger partial charge in [-0.25, -0.2) is 4.98 Å². The summed E-state index contributed by atoms with van der Waals surface area (Å²) in [5, 5.41) is 7.29. The third kappa shape index (κ3) is 2.96. The molecule has 4 nitrogen and oxygen atoms in total. The van der Waals surface area contributed by atoms with Crippen LogP contribution in [0.15, 0.2) is 30.3 Å². The van der Waals surface area contributed by atoms with Crippen LogP contribution in [0, 0.1) is 5.92 Å². The van der Waals surface area contributed by atoms with Crippen molar-refractivity contribution in [2.45, 2.75) is 26.2 Å². The molecule has 0 aliphatic carbocycles. The Morgan fingerprint density at radius 1 is 1.22 bits per heavy atom. The van der Waals surface area contributed by atoms with Gasteiger partial charge in [-0.15, -0.1) is 0 Å². The van der Waals surface area contributed by atoms with Crippen LogP contribution in [0.4, 0.5) is 0 Å². The SMILES string of the molecule is CC(C)CC(CN)c1nc(-c2ccccc2)n[nH]1. The van der Waals surface area contributed by atoms with Gasteiger partial charge in [-0.1, -0.05) is 44.2 Å². The molecule has 0 aliphatic heterocycles. The highest BCUT2D eigenvalue weighted by atomic mass is 15.2. The van der Waals surface area contributed by atoms with E-state index in [1.165, 1.54) is 0 Å². The van der Waals surface area contributed by atoms with Crippen LogP contribution in [0.3, 0.4) is 0 Å². The fourth-order valence-electron chi connectivity index (χ4n) is 2.06. The number of rotatable bonds is 5. The molecule has 0 saturated heterocycles. The van der Waals surface area contributed by atoms with E-state index in [4.69, 9.17) is 5.73 Å². The molecule has 96 valence electrons. The first-order chi connectivity index (χ1) is 8.70. The molecule has 2 rings (SSSR count). The second kappa shape index (κ2) is 5.78. The van der Waals surface area contributed by atoms with E-state index < -0.39 is 0 Å². The van der Waals surface area contributed by atoms with Crippen LogP contribution < -0.4 is 5.73 Å². The first-order valence-corrected chi connectivity index (χ1v) is 6.38. The van der Waals surface area contributed by atoms with Crippen molar-refractivity contribution in [3.63, 3.8) is 0 Å². The lowest BCUT2D eigenvalue weighted by atomic mass is 9.97. The van der Waals surface area contributed by atoms with Gasteiger partial charge in [0.1, 0.15) is 5.82 Å². The predicted octanol–water partition coefficient (Wildman–Crippen LogP) is 2.56. The van der Waals surface area contributed by atoms with Gasteiger partial charge in [0, 0.05) is 18.0 Å². The molecule has 1 atom stereocenters. The minimum absolute atomic E-state index is 0.259. The smallest absolute Gasteiger partial charge is 0.181 e. The number of aromatic nitrogens is 3. The van der Waals surface area contributed by atoms with Crippen molar-refractivity contribution in [2.24, 2.45) is 11.7 Å². The van der Waals surface area contributed by atoms with Gasteiger partial charge in [0.05, 0.1) is 0 Å². The molecular formula is C14H20N4. The van der Waals surface area contributed by atoms with E-state index in [0.29, 0.717) is 12.5 Å². The van der Waals surface area contributed by atoms with E-state index in [9.17, 15) is 0 Å². The Kier molecular flexibility index (Phi) is 4.10. The molecule has 0 spiro atoms. The largest absolute Gasteiger partial charge is 0.330 e. The van der Waals surface area contributed by atoms with Crippen molar-refractivity contribution >= 4 is 0 Å². The van der Waals surface area contributed by atoms with Crippen molar-refractivity contribution in [1.29, 1.82) is 0 Å². The Morgan fingerprint density at radius 3 is 2.56 bits per heavy atom. The summed E-state index contributed by atoms with van der Waals surface area (Å²) in [5.41, 5.74) is 6.84. The van der Waals surface area contributed by atoms with E-state index in [-0.39, 0.29) is 5.92 Å². The molecule has 2 aromatic rings. The maximum absolute atomic E-state index is 5.81. The monoisotopic (exact) mass is 244 g/mol. The van der Waals surface area contributed by atoms with Gasteiger partial charge < -0.3 is 5.73 Å². The highest BCUT2D eigenvalue weighted by Crippen LogP contribution is 2.22. The quantitative estimate of drug-likeness (QED) is 0.849. The molecule has 1 unspecified atom stereocenters. The maximum Gasteiger partial charge on any atom is 0.181 e. The summed E-state index contributed by atoms with van der Waals surface area (Å²) in [4.78, 5) is 4.56. The number of aromatic amines is 1. The summed E-state index contributed by atoms with van der Waals surface area (Å²) in [6.45, 7) is 4.98. The van der Waals surface area contributed by atoms with Crippen LogP contribution in [0.1, 0.15) is 32.0 Å². The van der Waals surface area contributed by atoms with E-state index in [1.54, 1.807) is 0 Å². The average molecular weight is 244 g/mol. The Balaban J connectivity index is 2.19. The molecule has 1 heterocycles. The van der Waals surface area contributed by atoms with Crippen molar-refractivity contribution < 1.29 is 0 Å². The molecule has 3 N–H and O–H groups in total. The molecular weight excluding hydrogens is 224 g/mol. The topological polar surface area (TPSA) is 67.6 Å². The molecule has 0 saturated carbocycles. The van der Waals surface area contributed by atoms with Crippen LogP contribution in [0.5, 0.6) is 0 Å². The number of hydrogen-bond acceptors (Lipinski definition) is 3. The number of benzene rings is 1. The third-order valence-corrected chi connectivity index (χ3v) is 2.96. The highest BCUT2D eigenvalue weighted by molar-refractivity contribution is 5.53. The number of nitrogens with zero attached hydrogens (tertiary/aromatic N) is 2. The van der Waals surface area contributed by atoms with Crippen LogP contribution >= 0.6 is 0 Å². The molecule has 4 heteroatoms. The van der Waals surface area contributed by atoms with Gasteiger partial charge in [0.15, 0.2) is 5.82 Å². The normalized spacial score (nSPS) is 12.9. The van der Waals surface area contributed by atoms with Crippen molar-refractivity contribution in [3.8, 4) is 11.4 Å². The van der Waals surface area contributed by atoms with Crippen molar-refractivity contribution in [2.75, 3.05) is 6.54 Å². The first-order valence-electron chi connectivity index (χ1n) is 6.38. The summed E-state index contributed by atoms with van der Waals surface area (Å²) in [5.74, 6) is 2.50. The summed E-state index contributed by atoms with van der Waals surface area (Å²) in [6, 6.07) is 9.97. The van der Waals surface area contributed by atoms with Gasteiger partial charge >= 0.3 is 0 Å². The first kappa shape index (κ1) is 12.8. The summed E-state index contributed by atoms with van der Waals surface area (Å²) >= 11 is 0. The minimum atomic E-state index is 0.259. The lowest BCUT2D eigenvalue weighted by Crippen LogP contribution is -2.16. The standard InChI is InChI=1S/C14H20N4/c1-10(2)8-12(9-15)14-16-13(17-18-14)11-6-4-3-5-7-11/h3-7,10,12H,8-9,15H2,1-2H3,(H,16,17,18). The molecule has 0 aliphatic rings. The van der Waals surface area contributed by atoms with Gasteiger partial charge in [0.25, 0.3) is 0 Å². The van der Waals surface area contributed by atoms with Crippen LogP contribution in [0.25, 0.3) is 11.4 Å². The van der Waals surface area contributed by atoms with Gasteiger partial charge in [0.2, 0.25) is 0 Å². The molecule has 1 aromatic heterocycles. The molecule has 1 aromatic carbocycles. The van der Waals surface area contributed by atoms with Gasteiger partial charge in [-0.05, 0) is 12.3 Å². The summed E-state index contributed by atoms with van der Waals surface area (Å²) < 4.78 is 0. The predicted molar refractivity (Wildman–Crippen MR) is 73.1 cm³/mol.